The molecule has 0 radical (unpaired) electrons. The highest BCUT2D eigenvalue weighted by Gasteiger charge is 2.28. The monoisotopic (exact) mass is 412 g/mol. The summed E-state index contributed by atoms with van der Waals surface area (Å²) in [7, 11) is 0. The number of amides is 1. The second-order valence-corrected chi connectivity index (χ2v) is 7.32. The van der Waals surface area contributed by atoms with Crippen molar-refractivity contribution < 1.29 is 14.5 Å². The molecule has 30 heavy (non-hydrogen) atoms. The first-order chi connectivity index (χ1) is 14.5. The van der Waals surface area contributed by atoms with Gasteiger partial charge in [0.15, 0.2) is 0 Å². The summed E-state index contributed by atoms with van der Waals surface area (Å²) < 4.78 is 5.40. The summed E-state index contributed by atoms with van der Waals surface area (Å²) in [5.41, 5.74) is 0.856. The number of benzene rings is 1. The third kappa shape index (κ3) is 4.18. The van der Waals surface area contributed by atoms with Crippen LogP contribution in [0.4, 0.5) is 17.5 Å². The maximum Gasteiger partial charge on any atom is 0.282 e. The molecule has 2 saturated heterocycles. The van der Waals surface area contributed by atoms with Crippen LogP contribution in [0.1, 0.15) is 16.1 Å². The molecule has 1 aromatic carbocycles. The molecule has 0 aliphatic carbocycles. The minimum atomic E-state index is -0.514. The molecule has 3 heterocycles. The Morgan fingerprint density at radius 3 is 2.43 bits per heavy atom. The van der Waals surface area contributed by atoms with Crippen LogP contribution in [-0.4, -0.2) is 78.2 Å². The van der Waals surface area contributed by atoms with Crippen molar-refractivity contribution in [2.24, 2.45) is 0 Å². The van der Waals surface area contributed by atoms with Gasteiger partial charge in [-0.1, -0.05) is 12.1 Å². The van der Waals surface area contributed by atoms with Crippen LogP contribution in [0, 0.1) is 17.0 Å². The Bertz CT molecular complexity index is 939. The van der Waals surface area contributed by atoms with Crippen molar-refractivity contribution in [1.82, 2.24) is 14.9 Å². The number of piperazine rings is 1. The van der Waals surface area contributed by atoms with Gasteiger partial charge in [-0.2, -0.15) is 4.98 Å². The second-order valence-electron chi connectivity index (χ2n) is 7.32. The zero-order valence-corrected chi connectivity index (χ0v) is 16.9. The highest BCUT2D eigenvalue weighted by Crippen LogP contribution is 2.23. The molecule has 1 amide bonds. The highest BCUT2D eigenvalue weighted by molar-refractivity contribution is 5.98. The average Bonchev–Trinajstić information content (AvgIpc) is 2.79. The second kappa shape index (κ2) is 8.62. The van der Waals surface area contributed by atoms with Crippen molar-refractivity contribution >= 4 is 23.4 Å². The Morgan fingerprint density at radius 2 is 1.73 bits per heavy atom. The van der Waals surface area contributed by atoms with Crippen molar-refractivity contribution in [3.05, 3.63) is 51.7 Å². The van der Waals surface area contributed by atoms with Crippen LogP contribution in [0.3, 0.4) is 0 Å². The van der Waals surface area contributed by atoms with Gasteiger partial charge in [0, 0.05) is 57.1 Å². The van der Waals surface area contributed by atoms with E-state index in [-0.39, 0.29) is 17.2 Å². The maximum atomic E-state index is 12.8. The third-order valence-corrected chi connectivity index (χ3v) is 5.34. The lowest BCUT2D eigenvalue weighted by Gasteiger charge is -2.36. The molecule has 2 aromatic rings. The SMILES string of the molecule is Cc1cc(N2CCN(C(=O)c3ccccc3[N+](=O)[O-])CC2)nc(N2CCOCC2)n1. The number of hydrogen-bond acceptors (Lipinski definition) is 8. The van der Waals surface area contributed by atoms with Gasteiger partial charge in [-0.15, -0.1) is 0 Å². The van der Waals surface area contributed by atoms with Gasteiger partial charge in [0.1, 0.15) is 11.4 Å². The predicted molar refractivity (Wildman–Crippen MR) is 111 cm³/mol. The van der Waals surface area contributed by atoms with Crippen molar-refractivity contribution in [2.45, 2.75) is 6.92 Å². The zero-order valence-electron chi connectivity index (χ0n) is 16.9. The first kappa shape index (κ1) is 20.0. The van der Waals surface area contributed by atoms with Gasteiger partial charge in [-0.3, -0.25) is 14.9 Å². The van der Waals surface area contributed by atoms with E-state index in [0.29, 0.717) is 45.3 Å². The van der Waals surface area contributed by atoms with E-state index in [1.165, 1.54) is 12.1 Å². The lowest BCUT2D eigenvalue weighted by molar-refractivity contribution is -0.385. The number of anilines is 2. The quantitative estimate of drug-likeness (QED) is 0.549. The number of nitrogens with zero attached hydrogens (tertiary/aromatic N) is 6. The van der Waals surface area contributed by atoms with Crippen molar-refractivity contribution in [3.63, 3.8) is 0 Å². The summed E-state index contributed by atoms with van der Waals surface area (Å²) in [6.45, 7) is 6.96. The molecular formula is C20H24N6O4. The number of aryl methyl sites for hydroxylation is 1. The standard InChI is InChI=1S/C20H24N6O4/c1-15-14-18(22-20(21-15)25-10-12-30-13-11-25)23-6-8-24(9-7-23)19(27)16-4-2-3-5-17(16)26(28)29/h2-5,14H,6-13H2,1H3. The summed E-state index contributed by atoms with van der Waals surface area (Å²) >= 11 is 0. The molecule has 2 aliphatic heterocycles. The molecular weight excluding hydrogens is 388 g/mol. The predicted octanol–water partition coefficient (Wildman–Crippen LogP) is 1.49. The van der Waals surface area contributed by atoms with Crippen LogP contribution in [0.15, 0.2) is 30.3 Å². The average molecular weight is 412 g/mol. The molecule has 0 spiro atoms. The van der Waals surface area contributed by atoms with E-state index in [1.54, 1.807) is 17.0 Å². The van der Waals surface area contributed by atoms with Crippen molar-refractivity contribution in [1.29, 1.82) is 0 Å². The highest BCUT2D eigenvalue weighted by atomic mass is 16.6. The van der Waals surface area contributed by atoms with Gasteiger partial charge >= 0.3 is 0 Å². The van der Waals surface area contributed by atoms with Gasteiger partial charge in [-0.25, -0.2) is 4.98 Å². The fraction of sp³-hybridized carbons (Fsp3) is 0.450. The van der Waals surface area contributed by atoms with Crippen LogP contribution < -0.4 is 9.80 Å². The minimum absolute atomic E-state index is 0.128. The van der Waals surface area contributed by atoms with Crippen LogP contribution >= 0.6 is 0 Å². The minimum Gasteiger partial charge on any atom is -0.378 e. The molecule has 0 bridgehead atoms. The van der Waals surface area contributed by atoms with Gasteiger partial charge < -0.3 is 19.4 Å². The van der Waals surface area contributed by atoms with Crippen LogP contribution in [0.2, 0.25) is 0 Å². The third-order valence-electron chi connectivity index (χ3n) is 5.34. The molecule has 2 fully saturated rings. The Morgan fingerprint density at radius 1 is 1.03 bits per heavy atom. The number of nitro benzene ring substituents is 1. The van der Waals surface area contributed by atoms with Crippen LogP contribution in [-0.2, 0) is 4.74 Å². The molecule has 1 aromatic heterocycles. The number of rotatable bonds is 4. The number of ether oxygens (including phenoxy) is 1. The Balaban J connectivity index is 1.45. The van der Waals surface area contributed by atoms with Gasteiger partial charge in [-0.05, 0) is 13.0 Å². The number of aromatic nitrogens is 2. The molecule has 2 aliphatic rings. The lowest BCUT2D eigenvalue weighted by atomic mass is 10.1. The Labute approximate surface area is 174 Å². The first-order valence-corrected chi connectivity index (χ1v) is 9.99. The smallest absolute Gasteiger partial charge is 0.282 e. The molecule has 0 N–H and O–H groups in total. The van der Waals surface area contributed by atoms with Crippen molar-refractivity contribution in [2.75, 3.05) is 62.3 Å². The first-order valence-electron chi connectivity index (χ1n) is 9.99. The topological polar surface area (TPSA) is 105 Å². The van der Waals surface area contributed by atoms with Crippen LogP contribution in [0.25, 0.3) is 0 Å². The number of carbonyl (C=O) groups is 1. The van der Waals surface area contributed by atoms with E-state index < -0.39 is 4.92 Å². The molecule has 10 heteroatoms. The molecule has 4 rings (SSSR count). The van der Waals surface area contributed by atoms with E-state index >= 15 is 0 Å². The van der Waals surface area contributed by atoms with E-state index in [0.717, 1.165) is 24.6 Å². The summed E-state index contributed by atoms with van der Waals surface area (Å²) in [5, 5.41) is 11.2. The Kier molecular flexibility index (Phi) is 5.75. The van der Waals surface area contributed by atoms with Gasteiger partial charge in [0.25, 0.3) is 11.6 Å². The number of hydrogen-bond donors (Lipinski definition) is 0. The van der Waals surface area contributed by atoms with E-state index in [9.17, 15) is 14.9 Å². The summed E-state index contributed by atoms with van der Waals surface area (Å²) in [6, 6.07) is 8.03. The van der Waals surface area contributed by atoms with Gasteiger partial charge in [0.05, 0.1) is 18.1 Å². The Hall–Kier alpha value is -3.27. The fourth-order valence-corrected chi connectivity index (χ4v) is 3.73. The maximum absolute atomic E-state index is 12.8. The number of para-hydroxylation sites is 1. The number of nitro groups is 1. The number of morpholine rings is 1. The van der Waals surface area contributed by atoms with Gasteiger partial charge in [0.2, 0.25) is 5.95 Å². The molecule has 0 atom stereocenters. The number of carbonyl (C=O) groups excluding carboxylic acids is 1. The molecule has 10 nitrogen and oxygen atoms in total. The molecule has 0 saturated carbocycles. The normalized spacial score (nSPS) is 17.2. The zero-order chi connectivity index (χ0) is 21.1. The lowest BCUT2D eigenvalue weighted by Crippen LogP contribution is -2.49. The largest absolute Gasteiger partial charge is 0.378 e. The summed E-state index contributed by atoms with van der Waals surface area (Å²) in [5.74, 6) is 1.23. The summed E-state index contributed by atoms with van der Waals surface area (Å²) in [6.07, 6.45) is 0. The fourth-order valence-electron chi connectivity index (χ4n) is 3.73. The van der Waals surface area contributed by atoms with E-state index in [2.05, 4.69) is 14.8 Å². The summed E-state index contributed by atoms with van der Waals surface area (Å²) in [4.78, 5) is 38.8. The molecule has 0 unspecified atom stereocenters. The molecule has 158 valence electrons. The van der Waals surface area contributed by atoms with E-state index in [4.69, 9.17) is 9.72 Å². The van der Waals surface area contributed by atoms with E-state index in [1.807, 2.05) is 13.0 Å². The van der Waals surface area contributed by atoms with Crippen LogP contribution in [0.5, 0.6) is 0 Å². The van der Waals surface area contributed by atoms with Crippen molar-refractivity contribution in [3.8, 4) is 0 Å².